The minimum atomic E-state index is -0.430. The summed E-state index contributed by atoms with van der Waals surface area (Å²) in [5.74, 6) is 1.77. The topological polar surface area (TPSA) is 53.7 Å². The van der Waals surface area contributed by atoms with Gasteiger partial charge in [-0.2, -0.15) is 0 Å². The Morgan fingerprint density at radius 3 is 2.54 bits per heavy atom. The Balaban J connectivity index is 1.31. The number of carbonyl (C=O) groups excluding carboxylic acids is 1. The van der Waals surface area contributed by atoms with Gasteiger partial charge in [0.1, 0.15) is 5.76 Å². The van der Waals surface area contributed by atoms with Crippen molar-refractivity contribution in [1.82, 2.24) is 4.90 Å². The highest BCUT2D eigenvalue weighted by atomic mass is 16.3. The van der Waals surface area contributed by atoms with Crippen molar-refractivity contribution in [3.8, 4) is 0 Å². The van der Waals surface area contributed by atoms with Gasteiger partial charge in [-0.05, 0) is 42.9 Å². The van der Waals surface area contributed by atoms with Gasteiger partial charge < -0.3 is 14.4 Å². The number of hydrogen-bond acceptors (Lipinski definition) is 3. The Labute approximate surface area is 142 Å². The van der Waals surface area contributed by atoms with Crippen LogP contribution in [0.15, 0.2) is 53.1 Å². The van der Waals surface area contributed by atoms with Crippen molar-refractivity contribution in [1.29, 1.82) is 0 Å². The zero-order valence-corrected chi connectivity index (χ0v) is 13.7. The molecule has 1 aromatic carbocycles. The summed E-state index contributed by atoms with van der Waals surface area (Å²) < 4.78 is 5.42. The number of furan rings is 1. The summed E-state index contributed by atoms with van der Waals surface area (Å²) in [6.07, 6.45) is 3.87. The molecule has 4 heteroatoms. The van der Waals surface area contributed by atoms with Crippen LogP contribution in [0.3, 0.4) is 0 Å². The minimum absolute atomic E-state index is 0.0896. The van der Waals surface area contributed by atoms with Gasteiger partial charge in [0.2, 0.25) is 5.91 Å². The molecule has 1 saturated heterocycles. The van der Waals surface area contributed by atoms with Crippen LogP contribution in [0, 0.1) is 11.8 Å². The number of carbonyl (C=O) groups is 1. The number of piperidine rings is 1. The molecule has 0 bridgehead atoms. The first-order chi connectivity index (χ1) is 11.7. The van der Waals surface area contributed by atoms with Crippen molar-refractivity contribution in [2.24, 2.45) is 11.8 Å². The summed E-state index contributed by atoms with van der Waals surface area (Å²) >= 11 is 0. The van der Waals surface area contributed by atoms with E-state index in [1.807, 2.05) is 47.4 Å². The van der Waals surface area contributed by atoms with Crippen molar-refractivity contribution in [3.63, 3.8) is 0 Å². The Morgan fingerprint density at radius 1 is 1.12 bits per heavy atom. The fourth-order valence-electron chi connectivity index (χ4n) is 3.88. The summed E-state index contributed by atoms with van der Waals surface area (Å²) in [6.45, 7) is 1.49. The van der Waals surface area contributed by atoms with E-state index >= 15 is 0 Å². The summed E-state index contributed by atoms with van der Waals surface area (Å²) in [5, 5.41) is 10.5. The van der Waals surface area contributed by atoms with E-state index in [0.717, 1.165) is 43.7 Å². The van der Waals surface area contributed by atoms with Gasteiger partial charge in [0.15, 0.2) is 0 Å². The Hall–Kier alpha value is -2.07. The van der Waals surface area contributed by atoms with Crippen molar-refractivity contribution in [2.45, 2.75) is 31.3 Å². The summed E-state index contributed by atoms with van der Waals surface area (Å²) in [6, 6.07) is 13.7. The van der Waals surface area contributed by atoms with Crippen molar-refractivity contribution in [2.75, 3.05) is 13.1 Å². The van der Waals surface area contributed by atoms with Crippen molar-refractivity contribution in [3.05, 3.63) is 60.1 Å². The quantitative estimate of drug-likeness (QED) is 0.938. The molecule has 0 unspecified atom stereocenters. The lowest BCUT2D eigenvalue weighted by atomic mass is 9.87. The predicted molar refractivity (Wildman–Crippen MR) is 90.3 cm³/mol. The first kappa shape index (κ1) is 15.5. The zero-order chi connectivity index (χ0) is 16.5. The Morgan fingerprint density at radius 2 is 1.88 bits per heavy atom. The molecular formula is C20H23NO3. The second kappa shape index (κ2) is 6.44. The highest BCUT2D eigenvalue weighted by molar-refractivity contribution is 5.82. The van der Waals surface area contributed by atoms with Crippen LogP contribution in [0.5, 0.6) is 0 Å². The van der Waals surface area contributed by atoms with E-state index in [0.29, 0.717) is 0 Å². The first-order valence-electron chi connectivity index (χ1n) is 8.79. The van der Waals surface area contributed by atoms with Crippen LogP contribution in [0.4, 0.5) is 0 Å². The molecule has 0 spiro atoms. The molecule has 2 heterocycles. The number of amides is 1. The molecule has 2 aliphatic rings. The number of rotatable bonds is 4. The molecule has 4 nitrogen and oxygen atoms in total. The van der Waals surface area contributed by atoms with E-state index in [1.54, 1.807) is 6.26 Å². The zero-order valence-electron chi connectivity index (χ0n) is 13.7. The van der Waals surface area contributed by atoms with Crippen molar-refractivity contribution >= 4 is 5.91 Å². The molecule has 1 aliphatic heterocycles. The van der Waals surface area contributed by atoms with Crippen LogP contribution in [-0.2, 0) is 4.79 Å². The van der Waals surface area contributed by atoms with Crippen LogP contribution in [0.1, 0.15) is 42.6 Å². The summed E-state index contributed by atoms with van der Waals surface area (Å²) in [7, 11) is 0. The lowest BCUT2D eigenvalue weighted by Gasteiger charge is -2.34. The van der Waals surface area contributed by atoms with Gasteiger partial charge in [0.25, 0.3) is 0 Å². The van der Waals surface area contributed by atoms with Crippen LogP contribution >= 0.6 is 0 Å². The molecule has 2 fully saturated rings. The maximum Gasteiger partial charge on any atom is 0.226 e. The van der Waals surface area contributed by atoms with E-state index in [2.05, 4.69) is 0 Å². The first-order valence-corrected chi connectivity index (χ1v) is 8.79. The van der Waals surface area contributed by atoms with Gasteiger partial charge >= 0.3 is 0 Å². The molecule has 0 radical (unpaired) electrons. The van der Waals surface area contributed by atoms with Gasteiger partial charge in [0, 0.05) is 24.9 Å². The standard InChI is InChI=1S/C20H23NO3/c22-19(14-5-2-1-3-6-14)15-8-10-21(11-9-15)20(23)17-13-16(17)18-7-4-12-24-18/h1-7,12,15-17,19,22H,8-11,13H2/t16-,17+,19+/m0/s1. The third-order valence-corrected chi connectivity index (χ3v) is 5.46. The van der Waals surface area contributed by atoms with Gasteiger partial charge in [-0.15, -0.1) is 0 Å². The van der Waals surface area contributed by atoms with Gasteiger partial charge in [-0.1, -0.05) is 30.3 Å². The lowest BCUT2D eigenvalue weighted by molar-refractivity contribution is -0.134. The molecule has 4 rings (SSSR count). The minimum Gasteiger partial charge on any atom is -0.469 e. The van der Waals surface area contributed by atoms with Crippen LogP contribution in [0.2, 0.25) is 0 Å². The second-order valence-electron chi connectivity index (χ2n) is 6.98. The van der Waals surface area contributed by atoms with Gasteiger partial charge in [-0.25, -0.2) is 0 Å². The molecular weight excluding hydrogens is 302 g/mol. The lowest BCUT2D eigenvalue weighted by Crippen LogP contribution is -2.40. The van der Waals surface area contributed by atoms with Crippen LogP contribution in [-0.4, -0.2) is 29.0 Å². The van der Waals surface area contributed by atoms with Gasteiger partial charge in [-0.3, -0.25) is 4.79 Å². The Kier molecular flexibility index (Phi) is 4.15. The number of likely N-dealkylation sites (tertiary alicyclic amines) is 1. The largest absolute Gasteiger partial charge is 0.469 e. The number of aliphatic hydroxyl groups is 1. The molecule has 1 N–H and O–H groups in total. The number of nitrogens with zero attached hydrogens (tertiary/aromatic N) is 1. The second-order valence-corrected chi connectivity index (χ2v) is 6.98. The fourth-order valence-corrected chi connectivity index (χ4v) is 3.88. The third kappa shape index (κ3) is 2.98. The average Bonchev–Trinajstić information content (AvgIpc) is 3.26. The molecule has 1 saturated carbocycles. The molecule has 3 atom stereocenters. The van der Waals surface area contributed by atoms with E-state index < -0.39 is 6.10 Å². The molecule has 24 heavy (non-hydrogen) atoms. The smallest absolute Gasteiger partial charge is 0.226 e. The molecule has 1 aromatic heterocycles. The maximum absolute atomic E-state index is 12.6. The number of aliphatic hydroxyl groups excluding tert-OH is 1. The summed E-state index contributed by atoms with van der Waals surface area (Å²) in [5.41, 5.74) is 0.974. The molecule has 126 valence electrons. The fraction of sp³-hybridized carbons (Fsp3) is 0.450. The monoisotopic (exact) mass is 325 g/mol. The van der Waals surface area contributed by atoms with E-state index in [9.17, 15) is 9.90 Å². The highest BCUT2D eigenvalue weighted by Crippen LogP contribution is 2.49. The maximum atomic E-state index is 12.6. The highest BCUT2D eigenvalue weighted by Gasteiger charge is 2.48. The van der Waals surface area contributed by atoms with Gasteiger partial charge in [0.05, 0.1) is 12.4 Å². The van der Waals surface area contributed by atoms with E-state index in [-0.39, 0.29) is 23.7 Å². The molecule has 1 amide bonds. The SMILES string of the molecule is O=C([C@@H]1C[C@@H]1c1ccco1)N1CCC([C@H](O)c2ccccc2)CC1. The Bertz CT molecular complexity index is 674. The number of hydrogen-bond donors (Lipinski definition) is 1. The van der Waals surface area contributed by atoms with Crippen molar-refractivity contribution < 1.29 is 14.3 Å². The molecule has 1 aliphatic carbocycles. The average molecular weight is 325 g/mol. The summed E-state index contributed by atoms with van der Waals surface area (Å²) in [4.78, 5) is 14.6. The van der Waals surface area contributed by atoms with Crippen LogP contribution < -0.4 is 0 Å². The van der Waals surface area contributed by atoms with E-state index in [1.165, 1.54) is 0 Å². The molecule has 2 aromatic rings. The third-order valence-electron chi connectivity index (χ3n) is 5.46. The normalized spacial score (nSPS) is 25.5. The number of benzene rings is 1. The van der Waals surface area contributed by atoms with Crippen LogP contribution in [0.25, 0.3) is 0 Å². The predicted octanol–water partition coefficient (Wildman–Crippen LogP) is 3.36. The van der Waals surface area contributed by atoms with E-state index in [4.69, 9.17) is 4.42 Å².